The largest absolute Gasteiger partial charge is 0.465 e. The second-order valence-electron chi connectivity index (χ2n) is 7.76. The van der Waals surface area contributed by atoms with Crippen LogP contribution in [0.1, 0.15) is 27.6 Å². The number of carbonyl (C=O) groups excluding carboxylic acids is 4. The molecule has 0 unspecified atom stereocenters. The van der Waals surface area contributed by atoms with Crippen molar-refractivity contribution in [3.05, 3.63) is 101 Å². The molecule has 0 saturated carbocycles. The van der Waals surface area contributed by atoms with Crippen LogP contribution in [0, 0.1) is 0 Å². The van der Waals surface area contributed by atoms with Gasteiger partial charge in [-0.25, -0.2) is 9.69 Å². The SMILES string of the molecule is CCN(C(=O)c1ccc(NC2=C(Cl)C(=O)N(c3cccc(C(=O)OC)c3)C2=O)cc1)c1ccccc1. The van der Waals surface area contributed by atoms with E-state index in [0.717, 1.165) is 10.6 Å². The number of halogens is 1. The zero-order valence-corrected chi connectivity index (χ0v) is 20.3. The van der Waals surface area contributed by atoms with Gasteiger partial charge in [0.05, 0.1) is 18.4 Å². The molecule has 4 rings (SSSR count). The number of benzene rings is 3. The molecule has 1 aliphatic rings. The topological polar surface area (TPSA) is 96.0 Å². The molecular weight excluding hydrogens is 482 g/mol. The number of anilines is 3. The van der Waals surface area contributed by atoms with E-state index < -0.39 is 17.8 Å². The average molecular weight is 504 g/mol. The molecule has 9 heteroatoms. The molecule has 0 spiro atoms. The Bertz CT molecular complexity index is 1370. The van der Waals surface area contributed by atoms with E-state index in [-0.39, 0.29) is 27.9 Å². The highest BCUT2D eigenvalue weighted by Gasteiger charge is 2.39. The van der Waals surface area contributed by atoms with Crippen LogP contribution in [0.15, 0.2) is 89.6 Å². The average Bonchev–Trinajstić information content (AvgIpc) is 3.12. The van der Waals surface area contributed by atoms with Crippen LogP contribution in [0.5, 0.6) is 0 Å². The van der Waals surface area contributed by atoms with Crippen LogP contribution in [0.3, 0.4) is 0 Å². The first-order valence-corrected chi connectivity index (χ1v) is 11.4. The molecule has 0 fully saturated rings. The molecule has 36 heavy (non-hydrogen) atoms. The number of hydrogen-bond acceptors (Lipinski definition) is 6. The van der Waals surface area contributed by atoms with E-state index in [4.69, 9.17) is 16.3 Å². The standard InChI is InChI=1S/C27H22ClN3O5/c1-3-30(20-9-5-4-6-10-20)24(32)17-12-14-19(15-13-17)29-23-22(28)25(33)31(26(23)34)21-11-7-8-18(16-21)27(35)36-2/h4-16,29H,3H2,1-2H3. The van der Waals surface area contributed by atoms with Crippen molar-refractivity contribution < 1.29 is 23.9 Å². The smallest absolute Gasteiger partial charge is 0.337 e. The molecule has 8 nitrogen and oxygen atoms in total. The van der Waals surface area contributed by atoms with Crippen LogP contribution in [-0.2, 0) is 14.3 Å². The maximum Gasteiger partial charge on any atom is 0.337 e. The number of nitrogens with zero attached hydrogens (tertiary/aromatic N) is 2. The van der Waals surface area contributed by atoms with Gasteiger partial charge in [0.1, 0.15) is 10.7 Å². The summed E-state index contributed by atoms with van der Waals surface area (Å²) in [5, 5.41) is 2.59. The number of nitrogens with one attached hydrogen (secondary N) is 1. The van der Waals surface area contributed by atoms with Crippen LogP contribution >= 0.6 is 11.6 Å². The van der Waals surface area contributed by atoms with E-state index in [2.05, 4.69) is 5.32 Å². The molecule has 182 valence electrons. The minimum absolute atomic E-state index is 0.108. The van der Waals surface area contributed by atoms with Gasteiger partial charge in [-0.3, -0.25) is 14.4 Å². The van der Waals surface area contributed by atoms with E-state index in [1.807, 2.05) is 37.3 Å². The van der Waals surface area contributed by atoms with Gasteiger partial charge in [0, 0.05) is 23.5 Å². The molecular formula is C27H22ClN3O5. The summed E-state index contributed by atoms with van der Waals surface area (Å²) >= 11 is 6.21. The molecule has 3 aromatic carbocycles. The van der Waals surface area contributed by atoms with Crippen LogP contribution in [0.2, 0.25) is 0 Å². The summed E-state index contributed by atoms with van der Waals surface area (Å²) in [6.07, 6.45) is 0. The van der Waals surface area contributed by atoms with Crippen molar-refractivity contribution in [2.75, 3.05) is 28.8 Å². The molecule has 0 bridgehead atoms. The summed E-state index contributed by atoms with van der Waals surface area (Å²) < 4.78 is 4.70. The third-order valence-electron chi connectivity index (χ3n) is 5.58. The Morgan fingerprint density at radius 3 is 2.25 bits per heavy atom. The summed E-state index contributed by atoms with van der Waals surface area (Å²) in [6, 6.07) is 21.8. The van der Waals surface area contributed by atoms with E-state index in [0.29, 0.717) is 17.8 Å². The Balaban J connectivity index is 1.52. The van der Waals surface area contributed by atoms with Gasteiger partial charge in [-0.2, -0.15) is 0 Å². The quantitative estimate of drug-likeness (QED) is 0.374. The molecule has 3 aromatic rings. The summed E-state index contributed by atoms with van der Waals surface area (Å²) in [7, 11) is 1.24. The van der Waals surface area contributed by atoms with Crippen molar-refractivity contribution in [1.82, 2.24) is 0 Å². The number of imide groups is 1. The Hall–Kier alpha value is -4.43. The fourth-order valence-electron chi connectivity index (χ4n) is 3.78. The number of carbonyl (C=O) groups is 4. The highest BCUT2D eigenvalue weighted by atomic mass is 35.5. The number of amides is 3. The monoisotopic (exact) mass is 503 g/mol. The van der Waals surface area contributed by atoms with Crippen molar-refractivity contribution in [3.8, 4) is 0 Å². The lowest BCUT2D eigenvalue weighted by molar-refractivity contribution is -0.120. The molecule has 1 N–H and O–H groups in total. The number of hydrogen-bond donors (Lipinski definition) is 1. The first-order valence-electron chi connectivity index (χ1n) is 11.1. The van der Waals surface area contributed by atoms with E-state index in [1.165, 1.54) is 31.4 Å². The number of para-hydroxylation sites is 1. The maximum absolute atomic E-state index is 13.1. The molecule has 0 aliphatic carbocycles. The third-order valence-corrected chi connectivity index (χ3v) is 5.93. The molecule has 0 saturated heterocycles. The lowest BCUT2D eigenvalue weighted by Gasteiger charge is -2.21. The first-order chi connectivity index (χ1) is 17.3. The third kappa shape index (κ3) is 4.71. The normalized spacial score (nSPS) is 13.1. The molecule has 0 aromatic heterocycles. The Morgan fingerprint density at radius 2 is 1.61 bits per heavy atom. The summed E-state index contributed by atoms with van der Waals surface area (Å²) in [5.74, 6) is -2.17. The summed E-state index contributed by atoms with van der Waals surface area (Å²) in [5.41, 5.74) is 1.98. The number of rotatable bonds is 7. The maximum atomic E-state index is 13.1. The first kappa shape index (κ1) is 24.7. The van der Waals surface area contributed by atoms with Gasteiger partial charge in [-0.05, 0) is 61.5 Å². The van der Waals surface area contributed by atoms with Gasteiger partial charge < -0.3 is 15.0 Å². The number of ether oxygens (including phenoxy) is 1. The number of methoxy groups -OCH3 is 1. The number of esters is 1. The summed E-state index contributed by atoms with van der Waals surface area (Å²) in [4.78, 5) is 53.2. The second-order valence-corrected chi connectivity index (χ2v) is 8.14. The lowest BCUT2D eigenvalue weighted by atomic mass is 10.1. The molecule has 1 aliphatic heterocycles. The lowest BCUT2D eigenvalue weighted by Crippen LogP contribution is -2.32. The van der Waals surface area contributed by atoms with Crippen molar-refractivity contribution in [1.29, 1.82) is 0 Å². The molecule has 1 heterocycles. The van der Waals surface area contributed by atoms with Crippen LogP contribution in [0.4, 0.5) is 17.1 Å². The van der Waals surface area contributed by atoms with E-state index >= 15 is 0 Å². The minimum atomic E-state index is -0.723. The zero-order chi connectivity index (χ0) is 25.8. The Morgan fingerprint density at radius 1 is 0.917 bits per heavy atom. The molecule has 0 atom stereocenters. The van der Waals surface area contributed by atoms with E-state index in [1.54, 1.807) is 29.2 Å². The second kappa shape index (κ2) is 10.5. The van der Waals surface area contributed by atoms with Crippen LogP contribution in [-0.4, -0.2) is 37.3 Å². The highest BCUT2D eigenvalue weighted by Crippen LogP contribution is 2.31. The highest BCUT2D eigenvalue weighted by molar-refractivity contribution is 6.53. The van der Waals surface area contributed by atoms with Crippen molar-refractivity contribution >= 4 is 52.4 Å². The fourth-order valence-corrected chi connectivity index (χ4v) is 4.00. The molecule has 3 amide bonds. The van der Waals surface area contributed by atoms with Gasteiger partial charge in [0.15, 0.2) is 0 Å². The van der Waals surface area contributed by atoms with Crippen molar-refractivity contribution in [2.45, 2.75) is 6.92 Å². The van der Waals surface area contributed by atoms with Gasteiger partial charge >= 0.3 is 5.97 Å². The van der Waals surface area contributed by atoms with Gasteiger partial charge in [0.25, 0.3) is 17.7 Å². The Labute approximate surface area is 212 Å². The zero-order valence-electron chi connectivity index (χ0n) is 19.5. The fraction of sp³-hybridized carbons (Fsp3) is 0.111. The predicted molar refractivity (Wildman–Crippen MR) is 137 cm³/mol. The van der Waals surface area contributed by atoms with Crippen molar-refractivity contribution in [2.24, 2.45) is 0 Å². The minimum Gasteiger partial charge on any atom is -0.465 e. The predicted octanol–water partition coefficient (Wildman–Crippen LogP) is 4.58. The summed E-state index contributed by atoms with van der Waals surface area (Å²) in [6.45, 7) is 2.39. The molecule has 0 radical (unpaired) electrons. The van der Waals surface area contributed by atoms with Crippen LogP contribution < -0.4 is 15.1 Å². The van der Waals surface area contributed by atoms with Crippen molar-refractivity contribution in [3.63, 3.8) is 0 Å². The van der Waals surface area contributed by atoms with Crippen LogP contribution in [0.25, 0.3) is 0 Å². The van der Waals surface area contributed by atoms with Gasteiger partial charge in [-0.15, -0.1) is 0 Å². The van der Waals surface area contributed by atoms with Gasteiger partial charge in [0.2, 0.25) is 0 Å². The van der Waals surface area contributed by atoms with E-state index in [9.17, 15) is 19.2 Å². The Kier molecular flexibility index (Phi) is 7.17. The van der Waals surface area contributed by atoms with Gasteiger partial charge in [-0.1, -0.05) is 35.9 Å².